The predicted molar refractivity (Wildman–Crippen MR) is 124 cm³/mol. The van der Waals surface area contributed by atoms with Gasteiger partial charge in [0, 0.05) is 24.2 Å². The van der Waals surface area contributed by atoms with E-state index in [0.29, 0.717) is 37.7 Å². The maximum atomic E-state index is 13.2. The van der Waals surface area contributed by atoms with Gasteiger partial charge in [-0.25, -0.2) is 0 Å². The molecule has 5 heteroatoms. The molecule has 0 fully saturated rings. The van der Waals surface area contributed by atoms with E-state index in [4.69, 9.17) is 9.47 Å². The first kappa shape index (κ1) is 20.3. The van der Waals surface area contributed by atoms with Crippen molar-refractivity contribution in [1.29, 1.82) is 0 Å². The van der Waals surface area contributed by atoms with Crippen molar-refractivity contribution in [2.75, 3.05) is 24.7 Å². The minimum atomic E-state index is -0.729. The van der Waals surface area contributed by atoms with Crippen LogP contribution in [0.5, 0.6) is 11.5 Å². The number of hydrogen-bond acceptors (Lipinski definition) is 4. The van der Waals surface area contributed by atoms with Crippen LogP contribution < -0.4 is 14.4 Å². The average Bonchev–Trinajstić information content (AvgIpc) is 2.86. The van der Waals surface area contributed by atoms with E-state index in [1.54, 1.807) is 11.0 Å². The van der Waals surface area contributed by atoms with Crippen LogP contribution >= 0.6 is 0 Å². The van der Waals surface area contributed by atoms with Gasteiger partial charge in [-0.1, -0.05) is 54.6 Å². The van der Waals surface area contributed by atoms with Crippen molar-refractivity contribution in [2.24, 2.45) is 5.92 Å². The molecule has 2 aliphatic rings. The van der Waals surface area contributed by atoms with Gasteiger partial charge in [-0.3, -0.25) is 4.79 Å². The van der Waals surface area contributed by atoms with Crippen molar-refractivity contribution in [3.8, 4) is 11.5 Å². The lowest BCUT2D eigenvalue weighted by Gasteiger charge is -2.36. The largest absolute Gasteiger partial charge is 0.486 e. The number of amides is 1. The molecule has 32 heavy (non-hydrogen) atoms. The Hall–Kier alpha value is -3.57. The fourth-order valence-electron chi connectivity index (χ4n) is 4.38. The molecule has 1 N–H and O–H groups in total. The quantitative estimate of drug-likeness (QED) is 0.627. The summed E-state index contributed by atoms with van der Waals surface area (Å²) in [5.41, 5.74) is 3.70. The van der Waals surface area contributed by atoms with Crippen molar-refractivity contribution >= 4 is 17.7 Å². The van der Waals surface area contributed by atoms with Gasteiger partial charge in [0.05, 0.1) is 6.10 Å². The third kappa shape index (κ3) is 4.12. The van der Waals surface area contributed by atoms with Gasteiger partial charge in [-0.15, -0.1) is 0 Å². The molecule has 3 aromatic rings. The normalized spacial score (nSPS) is 18.3. The Balaban J connectivity index is 1.40. The smallest absolute Gasteiger partial charge is 0.251 e. The van der Waals surface area contributed by atoms with Crippen LogP contribution in [0.25, 0.3) is 6.08 Å². The highest BCUT2D eigenvalue weighted by molar-refractivity contribution is 6.04. The Labute approximate surface area is 187 Å². The van der Waals surface area contributed by atoms with Crippen molar-refractivity contribution < 1.29 is 19.4 Å². The van der Waals surface area contributed by atoms with Gasteiger partial charge in [0.25, 0.3) is 5.91 Å². The van der Waals surface area contributed by atoms with E-state index in [2.05, 4.69) is 0 Å². The lowest BCUT2D eigenvalue weighted by atomic mass is 9.85. The van der Waals surface area contributed by atoms with Gasteiger partial charge >= 0.3 is 0 Å². The first-order valence-corrected chi connectivity index (χ1v) is 10.9. The molecule has 2 aliphatic heterocycles. The summed E-state index contributed by atoms with van der Waals surface area (Å²) in [5, 5.41) is 11.2. The Morgan fingerprint density at radius 3 is 2.56 bits per heavy atom. The molecular weight excluding hydrogens is 402 g/mol. The number of anilines is 1. The summed E-state index contributed by atoms with van der Waals surface area (Å²) < 4.78 is 11.3. The summed E-state index contributed by atoms with van der Waals surface area (Å²) >= 11 is 0. The number of aliphatic hydroxyl groups excluding tert-OH is 1. The molecule has 0 aliphatic carbocycles. The molecule has 162 valence electrons. The number of carbonyl (C=O) groups excluding carboxylic acids is 1. The maximum Gasteiger partial charge on any atom is 0.251 e. The van der Waals surface area contributed by atoms with Gasteiger partial charge in [0.15, 0.2) is 11.5 Å². The Morgan fingerprint density at radius 2 is 1.72 bits per heavy atom. The number of hydrogen-bond donors (Lipinski definition) is 1. The maximum absolute atomic E-state index is 13.2. The SMILES string of the molecule is O=C(/C=C/c1ccccc1)N1CC(C(O)c2ccc3c(c2)OCCO3)Cc2ccccc21. The Morgan fingerprint density at radius 1 is 0.969 bits per heavy atom. The monoisotopic (exact) mass is 427 g/mol. The minimum Gasteiger partial charge on any atom is -0.486 e. The fraction of sp³-hybridized carbons (Fsp3) is 0.222. The van der Waals surface area contributed by atoms with Crippen molar-refractivity contribution in [2.45, 2.75) is 12.5 Å². The van der Waals surface area contributed by atoms with E-state index in [0.717, 1.165) is 22.4 Å². The van der Waals surface area contributed by atoms with Crippen LogP contribution in [0, 0.1) is 5.92 Å². The topological polar surface area (TPSA) is 59.0 Å². The molecule has 5 rings (SSSR count). The minimum absolute atomic E-state index is 0.0969. The molecule has 0 bridgehead atoms. The molecule has 0 spiro atoms. The molecule has 0 aromatic heterocycles. The van der Waals surface area contributed by atoms with E-state index >= 15 is 0 Å². The molecule has 0 saturated heterocycles. The van der Waals surface area contributed by atoms with E-state index in [1.807, 2.05) is 78.9 Å². The molecule has 2 heterocycles. The molecular formula is C27H25NO4. The lowest BCUT2D eigenvalue weighted by molar-refractivity contribution is -0.114. The van der Waals surface area contributed by atoms with Gasteiger partial charge in [-0.05, 0) is 47.4 Å². The van der Waals surface area contributed by atoms with Crippen molar-refractivity contribution in [1.82, 2.24) is 0 Å². The number of carbonyl (C=O) groups is 1. The number of fused-ring (bicyclic) bond motifs is 2. The van der Waals surface area contributed by atoms with Gasteiger partial charge in [0.2, 0.25) is 0 Å². The van der Waals surface area contributed by atoms with E-state index in [1.165, 1.54) is 0 Å². The summed E-state index contributed by atoms with van der Waals surface area (Å²) in [6, 6.07) is 23.2. The predicted octanol–water partition coefficient (Wildman–Crippen LogP) is 4.41. The van der Waals surface area contributed by atoms with Gasteiger partial charge in [0.1, 0.15) is 13.2 Å². The van der Waals surface area contributed by atoms with Crippen molar-refractivity contribution in [3.63, 3.8) is 0 Å². The second-order valence-electron chi connectivity index (χ2n) is 8.13. The number of benzene rings is 3. The summed E-state index contributed by atoms with van der Waals surface area (Å²) in [5.74, 6) is 1.12. The van der Waals surface area contributed by atoms with Crippen LogP contribution in [-0.4, -0.2) is 30.8 Å². The first-order chi connectivity index (χ1) is 15.7. The zero-order valence-corrected chi connectivity index (χ0v) is 17.7. The first-order valence-electron chi connectivity index (χ1n) is 10.9. The summed E-state index contributed by atoms with van der Waals surface area (Å²) in [6.07, 6.45) is 3.39. The highest BCUT2D eigenvalue weighted by Gasteiger charge is 2.32. The number of rotatable bonds is 4. The third-order valence-electron chi connectivity index (χ3n) is 6.02. The third-order valence-corrected chi connectivity index (χ3v) is 6.02. The average molecular weight is 428 g/mol. The lowest BCUT2D eigenvalue weighted by Crippen LogP contribution is -2.41. The van der Waals surface area contributed by atoms with Crippen LogP contribution in [-0.2, 0) is 11.2 Å². The van der Waals surface area contributed by atoms with Crippen LogP contribution in [0.4, 0.5) is 5.69 Å². The zero-order valence-electron chi connectivity index (χ0n) is 17.7. The fourth-order valence-corrected chi connectivity index (χ4v) is 4.38. The molecule has 0 radical (unpaired) electrons. The number of nitrogens with zero attached hydrogens (tertiary/aromatic N) is 1. The van der Waals surface area contributed by atoms with Crippen LogP contribution in [0.15, 0.2) is 78.9 Å². The Kier molecular flexibility index (Phi) is 5.65. The molecule has 2 atom stereocenters. The summed E-state index contributed by atoms with van der Waals surface area (Å²) in [6.45, 7) is 1.46. The highest BCUT2D eigenvalue weighted by atomic mass is 16.6. The Bertz CT molecular complexity index is 1140. The molecule has 2 unspecified atom stereocenters. The van der Waals surface area contributed by atoms with Gasteiger partial charge < -0.3 is 19.5 Å². The number of aliphatic hydroxyl groups is 1. The van der Waals surface area contributed by atoms with Crippen molar-refractivity contribution in [3.05, 3.63) is 95.6 Å². The summed E-state index contributed by atoms with van der Waals surface area (Å²) in [4.78, 5) is 14.9. The zero-order chi connectivity index (χ0) is 21.9. The number of ether oxygens (including phenoxy) is 2. The molecule has 5 nitrogen and oxygen atoms in total. The van der Waals surface area contributed by atoms with Crippen LogP contribution in [0.3, 0.4) is 0 Å². The second-order valence-corrected chi connectivity index (χ2v) is 8.13. The van der Waals surface area contributed by atoms with Crippen LogP contribution in [0.1, 0.15) is 22.8 Å². The standard InChI is InChI=1S/C27H25NO4/c29-26(13-10-19-6-2-1-3-7-19)28-18-22(16-20-8-4-5-9-23(20)28)27(30)21-11-12-24-25(17-21)32-15-14-31-24/h1-13,17,22,27,30H,14-16,18H2/b13-10+. The molecule has 3 aromatic carbocycles. The van der Waals surface area contributed by atoms with E-state index in [-0.39, 0.29) is 11.8 Å². The number of para-hydroxylation sites is 1. The van der Waals surface area contributed by atoms with E-state index in [9.17, 15) is 9.90 Å². The second kappa shape index (κ2) is 8.89. The van der Waals surface area contributed by atoms with Crippen LogP contribution in [0.2, 0.25) is 0 Å². The molecule has 0 saturated carbocycles. The summed E-state index contributed by atoms with van der Waals surface area (Å²) in [7, 11) is 0. The van der Waals surface area contributed by atoms with Gasteiger partial charge in [-0.2, -0.15) is 0 Å². The molecule has 1 amide bonds. The highest BCUT2D eigenvalue weighted by Crippen LogP contribution is 2.39. The van der Waals surface area contributed by atoms with E-state index < -0.39 is 6.10 Å².